The summed E-state index contributed by atoms with van der Waals surface area (Å²) in [5.41, 5.74) is 0.773. The monoisotopic (exact) mass is 290 g/mol. The molecule has 0 aliphatic heterocycles. The molecule has 4 rings (SSSR count). The minimum Gasteiger partial charge on any atom is -0.393 e. The van der Waals surface area contributed by atoms with Crippen LogP contribution in [0.3, 0.4) is 0 Å². The number of fused-ring (bicyclic) bond motifs is 5. The van der Waals surface area contributed by atoms with Gasteiger partial charge in [-0.3, -0.25) is 4.79 Å². The molecule has 2 nitrogen and oxygen atoms in total. The molecule has 21 heavy (non-hydrogen) atoms. The van der Waals surface area contributed by atoms with Crippen LogP contribution in [0.4, 0.5) is 0 Å². The SMILES string of the molecule is C[C@@]12CCC(O)[C@H]1[C@@H]1CC[C@H]3CC(=O)CC[C@]3(C)[C@H]1CC2. The van der Waals surface area contributed by atoms with Crippen LogP contribution in [-0.4, -0.2) is 17.0 Å². The molecule has 0 amide bonds. The molecule has 4 aliphatic rings. The largest absolute Gasteiger partial charge is 0.393 e. The molecule has 0 aromatic rings. The van der Waals surface area contributed by atoms with Crippen LogP contribution in [0.5, 0.6) is 0 Å². The second-order valence-electron chi connectivity index (χ2n) is 9.12. The molecule has 0 radical (unpaired) electrons. The lowest BCUT2D eigenvalue weighted by Gasteiger charge is -2.60. The zero-order chi connectivity index (χ0) is 14.8. The van der Waals surface area contributed by atoms with Crippen LogP contribution < -0.4 is 0 Å². The predicted octanol–water partition coefficient (Wildman–Crippen LogP) is 3.96. The van der Waals surface area contributed by atoms with Crippen LogP contribution in [-0.2, 0) is 4.79 Å². The Kier molecular flexibility index (Phi) is 3.10. The number of aliphatic hydroxyl groups is 1. The molecule has 1 N–H and O–H groups in total. The van der Waals surface area contributed by atoms with Crippen molar-refractivity contribution < 1.29 is 9.90 Å². The first-order valence-corrected chi connectivity index (χ1v) is 9.14. The van der Waals surface area contributed by atoms with Crippen LogP contribution in [0.2, 0.25) is 0 Å². The third kappa shape index (κ3) is 1.90. The molecule has 4 fully saturated rings. The van der Waals surface area contributed by atoms with E-state index in [1.54, 1.807) is 0 Å². The van der Waals surface area contributed by atoms with E-state index in [0.29, 0.717) is 28.4 Å². The zero-order valence-electron chi connectivity index (χ0n) is 13.6. The highest BCUT2D eigenvalue weighted by molar-refractivity contribution is 5.79. The lowest BCUT2D eigenvalue weighted by Crippen LogP contribution is -2.54. The van der Waals surface area contributed by atoms with Crippen molar-refractivity contribution in [3.63, 3.8) is 0 Å². The quantitative estimate of drug-likeness (QED) is 0.733. The van der Waals surface area contributed by atoms with Gasteiger partial charge in [0.25, 0.3) is 0 Å². The summed E-state index contributed by atoms with van der Waals surface area (Å²) in [6, 6.07) is 0. The van der Waals surface area contributed by atoms with Gasteiger partial charge in [0, 0.05) is 12.8 Å². The smallest absolute Gasteiger partial charge is 0.133 e. The van der Waals surface area contributed by atoms with Crippen molar-refractivity contribution in [1.82, 2.24) is 0 Å². The number of ketones is 1. The van der Waals surface area contributed by atoms with E-state index in [4.69, 9.17) is 0 Å². The Bertz CT molecular complexity index is 458. The maximum absolute atomic E-state index is 11.9. The second kappa shape index (κ2) is 4.57. The van der Waals surface area contributed by atoms with Crippen molar-refractivity contribution in [2.24, 2.45) is 34.5 Å². The Morgan fingerprint density at radius 2 is 1.81 bits per heavy atom. The van der Waals surface area contributed by atoms with Crippen molar-refractivity contribution in [2.45, 2.75) is 77.7 Å². The van der Waals surface area contributed by atoms with Crippen LogP contribution in [0.25, 0.3) is 0 Å². The van der Waals surface area contributed by atoms with E-state index < -0.39 is 0 Å². The average molecular weight is 290 g/mol. The number of carbonyl (C=O) groups is 1. The summed E-state index contributed by atoms with van der Waals surface area (Å²) in [5, 5.41) is 10.6. The topological polar surface area (TPSA) is 37.3 Å². The van der Waals surface area contributed by atoms with E-state index >= 15 is 0 Å². The molecule has 0 bridgehead atoms. The molecule has 0 heterocycles. The summed E-state index contributed by atoms with van der Waals surface area (Å²) in [5.74, 6) is 3.14. The molecule has 1 unspecified atom stereocenters. The molecular formula is C19H30O2. The van der Waals surface area contributed by atoms with Crippen molar-refractivity contribution in [3.8, 4) is 0 Å². The van der Waals surface area contributed by atoms with Gasteiger partial charge in [-0.05, 0) is 79.4 Å². The third-order valence-corrected chi connectivity index (χ3v) is 8.28. The molecule has 118 valence electrons. The third-order valence-electron chi connectivity index (χ3n) is 8.28. The summed E-state index contributed by atoms with van der Waals surface area (Å²) >= 11 is 0. The highest BCUT2D eigenvalue weighted by Gasteiger charge is 2.59. The van der Waals surface area contributed by atoms with Gasteiger partial charge in [0.15, 0.2) is 0 Å². The summed E-state index contributed by atoms with van der Waals surface area (Å²) in [4.78, 5) is 11.9. The Morgan fingerprint density at radius 3 is 2.62 bits per heavy atom. The van der Waals surface area contributed by atoms with Gasteiger partial charge < -0.3 is 5.11 Å². The highest BCUT2D eigenvalue weighted by atomic mass is 16.3. The maximum Gasteiger partial charge on any atom is 0.133 e. The first kappa shape index (κ1) is 14.2. The van der Waals surface area contributed by atoms with Gasteiger partial charge in [0.2, 0.25) is 0 Å². The molecule has 4 aliphatic carbocycles. The Morgan fingerprint density at radius 1 is 1.05 bits per heavy atom. The fourth-order valence-electron chi connectivity index (χ4n) is 7.07. The summed E-state index contributed by atoms with van der Waals surface area (Å²) in [6.45, 7) is 4.91. The normalized spacial score (nSPS) is 56.5. The molecule has 0 aromatic heterocycles. The number of aliphatic hydroxyl groups excluding tert-OH is 1. The van der Waals surface area contributed by atoms with Gasteiger partial charge in [0.1, 0.15) is 5.78 Å². The number of carbonyl (C=O) groups excluding carboxylic acids is 1. The van der Waals surface area contributed by atoms with Gasteiger partial charge in [-0.2, -0.15) is 0 Å². The summed E-state index contributed by atoms with van der Waals surface area (Å²) in [7, 11) is 0. The van der Waals surface area contributed by atoms with Crippen LogP contribution >= 0.6 is 0 Å². The molecule has 7 atom stereocenters. The average Bonchev–Trinajstić information content (AvgIpc) is 2.76. The minimum absolute atomic E-state index is 0.0619. The van der Waals surface area contributed by atoms with Crippen LogP contribution in [0.15, 0.2) is 0 Å². The molecule has 2 heteroatoms. The highest BCUT2D eigenvalue weighted by Crippen LogP contribution is 2.65. The first-order chi connectivity index (χ1) is 9.94. The van der Waals surface area contributed by atoms with E-state index in [-0.39, 0.29) is 6.10 Å². The van der Waals surface area contributed by atoms with E-state index in [1.165, 1.54) is 32.1 Å². The summed E-state index contributed by atoms with van der Waals surface area (Å²) in [6.07, 6.45) is 10.1. The number of hydrogen-bond acceptors (Lipinski definition) is 2. The van der Waals surface area contributed by atoms with Crippen molar-refractivity contribution in [2.75, 3.05) is 0 Å². The molecule has 0 spiro atoms. The van der Waals surface area contributed by atoms with E-state index in [0.717, 1.165) is 37.5 Å². The Balaban J connectivity index is 1.66. The fraction of sp³-hybridized carbons (Fsp3) is 0.947. The first-order valence-electron chi connectivity index (χ1n) is 9.14. The number of rotatable bonds is 0. The summed E-state index contributed by atoms with van der Waals surface area (Å²) < 4.78 is 0. The van der Waals surface area contributed by atoms with Crippen LogP contribution in [0, 0.1) is 34.5 Å². The molecule has 0 saturated heterocycles. The maximum atomic E-state index is 11.9. The fourth-order valence-corrected chi connectivity index (χ4v) is 7.07. The lowest BCUT2D eigenvalue weighted by molar-refractivity contribution is -0.143. The number of hydrogen-bond donors (Lipinski definition) is 1. The Hall–Kier alpha value is -0.370. The minimum atomic E-state index is -0.0619. The van der Waals surface area contributed by atoms with Gasteiger partial charge in [-0.1, -0.05) is 13.8 Å². The van der Waals surface area contributed by atoms with Gasteiger partial charge >= 0.3 is 0 Å². The van der Waals surface area contributed by atoms with Crippen LogP contribution in [0.1, 0.15) is 71.6 Å². The number of Topliss-reactive ketones (excluding diaryl/α,β-unsaturated/α-hetero) is 1. The zero-order valence-corrected chi connectivity index (χ0v) is 13.6. The molecule has 4 saturated carbocycles. The van der Waals surface area contributed by atoms with Crippen molar-refractivity contribution in [1.29, 1.82) is 0 Å². The molecular weight excluding hydrogens is 260 g/mol. The van der Waals surface area contributed by atoms with E-state index in [9.17, 15) is 9.90 Å². The van der Waals surface area contributed by atoms with E-state index in [2.05, 4.69) is 13.8 Å². The van der Waals surface area contributed by atoms with Gasteiger partial charge in [-0.15, -0.1) is 0 Å². The van der Waals surface area contributed by atoms with Crippen molar-refractivity contribution >= 4 is 5.78 Å². The van der Waals surface area contributed by atoms with Gasteiger partial charge in [-0.25, -0.2) is 0 Å². The second-order valence-corrected chi connectivity index (χ2v) is 9.12. The standard InChI is InChI=1S/C19H30O2/c1-18-8-6-15-14(17(18)16(21)7-9-18)4-3-12-11-13(20)5-10-19(12,15)2/h12,14-17,21H,3-11H2,1-2H3/t12-,14+,15-,16?,17+,18+,19-/m0/s1. The van der Waals surface area contributed by atoms with E-state index in [1.807, 2.05) is 0 Å². The predicted molar refractivity (Wildman–Crippen MR) is 82.7 cm³/mol. The van der Waals surface area contributed by atoms with Crippen molar-refractivity contribution in [3.05, 3.63) is 0 Å². The lowest BCUT2D eigenvalue weighted by atomic mass is 9.45. The molecule has 0 aromatic carbocycles. The Labute approximate surface area is 128 Å². The van der Waals surface area contributed by atoms with Gasteiger partial charge in [0.05, 0.1) is 6.10 Å².